The van der Waals surface area contributed by atoms with E-state index in [1.165, 1.54) is 11.3 Å². The summed E-state index contributed by atoms with van der Waals surface area (Å²) in [4.78, 5) is 12.7. The summed E-state index contributed by atoms with van der Waals surface area (Å²) in [6, 6.07) is 9.37. The zero-order valence-corrected chi connectivity index (χ0v) is 18.7. The van der Waals surface area contributed by atoms with Gasteiger partial charge in [-0.15, -0.1) is 0 Å². The van der Waals surface area contributed by atoms with E-state index in [1.54, 1.807) is 0 Å². The number of rotatable bonds is 7. The molecule has 0 spiro atoms. The summed E-state index contributed by atoms with van der Waals surface area (Å²) < 4.78 is 6.23. The SMILES string of the molecule is CCC(CC)(C1=N[C@@H](C(C)C)CO1)C1=N[C@@H](C(C)C)CN1c1ccc(C)cc1. The molecule has 2 atom stereocenters. The Morgan fingerprint density at radius 3 is 2.11 bits per heavy atom. The second kappa shape index (κ2) is 8.26. The van der Waals surface area contributed by atoms with Crippen LogP contribution in [0.1, 0.15) is 59.9 Å². The van der Waals surface area contributed by atoms with Crippen LogP contribution in [0, 0.1) is 24.2 Å². The van der Waals surface area contributed by atoms with Crippen molar-refractivity contribution >= 4 is 17.4 Å². The highest BCUT2D eigenvalue weighted by molar-refractivity contribution is 6.15. The Balaban J connectivity index is 2.06. The third-order valence-corrected chi connectivity index (χ3v) is 6.52. The van der Waals surface area contributed by atoms with Crippen molar-refractivity contribution in [3.8, 4) is 0 Å². The number of hydrogen-bond donors (Lipinski definition) is 0. The smallest absolute Gasteiger partial charge is 0.197 e. The topological polar surface area (TPSA) is 37.2 Å². The fourth-order valence-corrected chi connectivity index (χ4v) is 4.19. The molecule has 0 saturated heterocycles. The number of aryl methyl sites for hydroxylation is 1. The molecular weight excluding hydrogens is 346 g/mol. The molecule has 0 N–H and O–H groups in total. The molecule has 4 heteroatoms. The first-order valence-corrected chi connectivity index (χ1v) is 11.0. The van der Waals surface area contributed by atoms with Crippen molar-refractivity contribution in [2.75, 3.05) is 18.1 Å². The molecule has 3 rings (SSSR count). The maximum atomic E-state index is 6.23. The Hall–Kier alpha value is -1.84. The summed E-state index contributed by atoms with van der Waals surface area (Å²) >= 11 is 0. The van der Waals surface area contributed by atoms with Crippen LogP contribution in [0.2, 0.25) is 0 Å². The standard InChI is InChI=1S/C24H37N3O/c1-8-24(9-2,23-26-21(15-28-23)17(5)6)22-25-20(16(3)4)14-27(22)19-12-10-18(7)11-13-19/h10-13,16-17,20-21H,8-9,14-15H2,1-7H3/t20-,21-/m1/s1. The second-order valence-corrected chi connectivity index (χ2v) is 9.06. The Morgan fingerprint density at radius 2 is 1.61 bits per heavy atom. The average molecular weight is 384 g/mol. The molecular formula is C24H37N3O. The Labute approximate surface area is 171 Å². The van der Waals surface area contributed by atoms with Crippen LogP contribution in [0.15, 0.2) is 34.3 Å². The minimum Gasteiger partial charge on any atom is -0.478 e. The van der Waals surface area contributed by atoms with Gasteiger partial charge >= 0.3 is 0 Å². The minimum absolute atomic E-state index is 0.252. The maximum absolute atomic E-state index is 6.23. The van der Waals surface area contributed by atoms with Crippen molar-refractivity contribution in [3.63, 3.8) is 0 Å². The Kier molecular flexibility index (Phi) is 6.16. The van der Waals surface area contributed by atoms with Crippen molar-refractivity contribution in [3.05, 3.63) is 29.8 Å². The van der Waals surface area contributed by atoms with E-state index in [0.717, 1.165) is 31.1 Å². The zero-order valence-electron chi connectivity index (χ0n) is 18.7. The summed E-state index contributed by atoms with van der Waals surface area (Å²) in [7, 11) is 0. The van der Waals surface area contributed by atoms with Gasteiger partial charge in [0.1, 0.15) is 17.9 Å². The van der Waals surface area contributed by atoms with Gasteiger partial charge in [0.15, 0.2) is 5.90 Å². The third-order valence-electron chi connectivity index (χ3n) is 6.52. The largest absolute Gasteiger partial charge is 0.478 e. The predicted octanol–water partition coefficient (Wildman–Crippen LogP) is 5.50. The van der Waals surface area contributed by atoms with E-state index in [2.05, 4.69) is 77.6 Å². The molecule has 0 radical (unpaired) electrons. The van der Waals surface area contributed by atoms with E-state index in [0.29, 0.717) is 24.5 Å². The summed E-state index contributed by atoms with van der Waals surface area (Å²) in [6.45, 7) is 17.2. The van der Waals surface area contributed by atoms with Crippen LogP contribution < -0.4 is 4.90 Å². The van der Waals surface area contributed by atoms with Gasteiger partial charge in [0, 0.05) is 12.2 Å². The van der Waals surface area contributed by atoms with Crippen molar-refractivity contribution in [2.45, 2.75) is 73.4 Å². The Bertz CT molecular complexity index is 729. The lowest BCUT2D eigenvalue weighted by Crippen LogP contribution is -2.47. The molecule has 28 heavy (non-hydrogen) atoms. The molecule has 0 aliphatic carbocycles. The number of anilines is 1. The molecule has 4 nitrogen and oxygen atoms in total. The lowest BCUT2D eigenvalue weighted by atomic mass is 9.79. The lowest BCUT2D eigenvalue weighted by Gasteiger charge is -2.36. The summed E-state index contributed by atoms with van der Waals surface area (Å²) in [5.41, 5.74) is 2.25. The monoisotopic (exact) mass is 383 g/mol. The molecule has 0 fully saturated rings. The zero-order chi connectivity index (χ0) is 20.5. The van der Waals surface area contributed by atoms with Crippen molar-refractivity contribution < 1.29 is 4.74 Å². The summed E-state index contributed by atoms with van der Waals surface area (Å²) in [5, 5.41) is 0. The molecule has 1 aromatic carbocycles. The van der Waals surface area contributed by atoms with Crippen LogP contribution in [0.25, 0.3) is 0 Å². The van der Waals surface area contributed by atoms with Gasteiger partial charge in [-0.2, -0.15) is 0 Å². The van der Waals surface area contributed by atoms with Crippen molar-refractivity contribution in [1.29, 1.82) is 0 Å². The van der Waals surface area contributed by atoms with Gasteiger partial charge < -0.3 is 9.64 Å². The highest BCUT2D eigenvalue weighted by atomic mass is 16.5. The fourth-order valence-electron chi connectivity index (χ4n) is 4.19. The molecule has 0 amide bonds. The average Bonchev–Trinajstić information content (AvgIpc) is 3.33. The summed E-state index contributed by atoms with van der Waals surface area (Å²) in [5.74, 6) is 3.04. The molecule has 0 bridgehead atoms. The second-order valence-electron chi connectivity index (χ2n) is 9.06. The van der Waals surface area contributed by atoms with Gasteiger partial charge in [0.25, 0.3) is 0 Å². The number of amidine groups is 1. The van der Waals surface area contributed by atoms with Crippen LogP contribution in [0.3, 0.4) is 0 Å². The molecule has 2 aliphatic heterocycles. The van der Waals surface area contributed by atoms with E-state index in [4.69, 9.17) is 14.7 Å². The van der Waals surface area contributed by atoms with E-state index < -0.39 is 0 Å². The minimum atomic E-state index is -0.252. The van der Waals surface area contributed by atoms with Crippen molar-refractivity contribution in [2.24, 2.45) is 27.2 Å². The van der Waals surface area contributed by atoms with E-state index >= 15 is 0 Å². The van der Waals surface area contributed by atoms with Crippen LogP contribution in [-0.2, 0) is 4.74 Å². The molecule has 1 aromatic rings. The fraction of sp³-hybridized carbons (Fsp3) is 0.667. The molecule has 0 saturated carbocycles. The maximum Gasteiger partial charge on any atom is 0.197 e. The molecule has 0 unspecified atom stereocenters. The van der Waals surface area contributed by atoms with Gasteiger partial charge in [0.05, 0.1) is 12.1 Å². The van der Waals surface area contributed by atoms with Gasteiger partial charge in [-0.3, -0.25) is 4.99 Å². The van der Waals surface area contributed by atoms with Gasteiger partial charge in [-0.1, -0.05) is 59.2 Å². The third kappa shape index (κ3) is 3.70. The lowest BCUT2D eigenvalue weighted by molar-refractivity contribution is 0.263. The first kappa shape index (κ1) is 20.9. The molecule has 2 aliphatic rings. The van der Waals surface area contributed by atoms with E-state index in [-0.39, 0.29) is 11.5 Å². The highest BCUT2D eigenvalue weighted by Gasteiger charge is 2.48. The highest BCUT2D eigenvalue weighted by Crippen LogP contribution is 2.40. The molecule has 0 aromatic heterocycles. The van der Waals surface area contributed by atoms with Crippen LogP contribution in [-0.4, -0.2) is 37.0 Å². The van der Waals surface area contributed by atoms with Gasteiger partial charge in [-0.25, -0.2) is 4.99 Å². The number of benzene rings is 1. The number of ether oxygens (including phenoxy) is 1. The predicted molar refractivity (Wildman–Crippen MR) is 120 cm³/mol. The first-order chi connectivity index (χ1) is 13.3. The quantitative estimate of drug-likeness (QED) is 0.623. The van der Waals surface area contributed by atoms with Gasteiger partial charge in [0.2, 0.25) is 0 Å². The Morgan fingerprint density at radius 1 is 1.00 bits per heavy atom. The summed E-state index contributed by atoms with van der Waals surface area (Å²) in [6.07, 6.45) is 1.89. The number of hydrogen-bond acceptors (Lipinski definition) is 4. The normalized spacial score (nSPS) is 22.7. The first-order valence-electron chi connectivity index (χ1n) is 11.0. The van der Waals surface area contributed by atoms with Crippen LogP contribution >= 0.6 is 0 Å². The molecule has 2 heterocycles. The van der Waals surface area contributed by atoms with Gasteiger partial charge in [-0.05, 0) is 43.7 Å². The number of aliphatic imine (C=N–C) groups is 2. The van der Waals surface area contributed by atoms with Crippen molar-refractivity contribution in [1.82, 2.24) is 0 Å². The van der Waals surface area contributed by atoms with Crippen LogP contribution in [0.5, 0.6) is 0 Å². The number of nitrogens with zero attached hydrogens (tertiary/aromatic N) is 3. The van der Waals surface area contributed by atoms with E-state index in [1.807, 2.05) is 0 Å². The van der Waals surface area contributed by atoms with Crippen LogP contribution in [0.4, 0.5) is 5.69 Å². The van der Waals surface area contributed by atoms with E-state index in [9.17, 15) is 0 Å². The molecule has 154 valence electrons.